The molecule has 0 radical (unpaired) electrons. The van der Waals surface area contributed by atoms with Gasteiger partial charge in [0.1, 0.15) is 0 Å². The highest BCUT2D eigenvalue weighted by molar-refractivity contribution is 7.18. The third-order valence-electron chi connectivity index (χ3n) is 3.60. The van der Waals surface area contributed by atoms with Crippen molar-refractivity contribution in [3.63, 3.8) is 0 Å². The maximum atomic E-state index is 5.60. The standard InChI is InChI=1S/C14H18N2OS/c1-15-9-14(6-7-17-10-14)8-13-16-11-4-2-3-5-12(11)18-13/h2-5,15H,6-10H2,1H3. The van der Waals surface area contributed by atoms with Crippen molar-refractivity contribution in [3.8, 4) is 0 Å². The molecule has 96 valence electrons. The lowest BCUT2D eigenvalue weighted by atomic mass is 9.84. The molecule has 3 rings (SSSR count). The van der Waals surface area contributed by atoms with E-state index in [0.717, 1.165) is 38.1 Å². The van der Waals surface area contributed by atoms with Crippen molar-refractivity contribution < 1.29 is 4.74 Å². The van der Waals surface area contributed by atoms with E-state index in [4.69, 9.17) is 9.72 Å². The van der Waals surface area contributed by atoms with Crippen molar-refractivity contribution in [3.05, 3.63) is 29.3 Å². The van der Waals surface area contributed by atoms with Gasteiger partial charge in [-0.1, -0.05) is 12.1 Å². The molecule has 1 aromatic heterocycles. The van der Waals surface area contributed by atoms with Crippen LogP contribution >= 0.6 is 11.3 Å². The summed E-state index contributed by atoms with van der Waals surface area (Å²) in [4.78, 5) is 4.74. The number of rotatable bonds is 4. The molecule has 0 aliphatic carbocycles. The summed E-state index contributed by atoms with van der Waals surface area (Å²) in [7, 11) is 2.01. The van der Waals surface area contributed by atoms with Gasteiger partial charge in [0, 0.05) is 25.0 Å². The second-order valence-corrected chi connectivity index (χ2v) is 6.20. The molecule has 0 saturated carbocycles. The van der Waals surface area contributed by atoms with Gasteiger partial charge in [0.15, 0.2) is 0 Å². The lowest BCUT2D eigenvalue weighted by Gasteiger charge is -2.25. The minimum absolute atomic E-state index is 0.239. The molecule has 2 aromatic rings. The maximum absolute atomic E-state index is 5.60. The van der Waals surface area contributed by atoms with Gasteiger partial charge in [0.25, 0.3) is 0 Å². The van der Waals surface area contributed by atoms with Gasteiger partial charge in [-0.3, -0.25) is 0 Å². The van der Waals surface area contributed by atoms with Gasteiger partial charge in [-0.05, 0) is 25.6 Å². The number of nitrogens with zero attached hydrogens (tertiary/aromatic N) is 1. The van der Waals surface area contributed by atoms with Crippen molar-refractivity contribution in [2.45, 2.75) is 12.8 Å². The van der Waals surface area contributed by atoms with Crippen molar-refractivity contribution >= 4 is 21.6 Å². The molecule has 1 N–H and O–H groups in total. The Balaban J connectivity index is 1.85. The molecular weight excluding hydrogens is 244 g/mol. The average Bonchev–Trinajstić information content (AvgIpc) is 2.96. The fourth-order valence-electron chi connectivity index (χ4n) is 2.68. The number of benzene rings is 1. The van der Waals surface area contributed by atoms with Crippen LogP contribution in [0.3, 0.4) is 0 Å². The van der Waals surface area contributed by atoms with E-state index in [-0.39, 0.29) is 5.41 Å². The van der Waals surface area contributed by atoms with E-state index >= 15 is 0 Å². The third kappa shape index (κ3) is 2.28. The number of fused-ring (bicyclic) bond motifs is 1. The molecule has 0 amide bonds. The highest BCUT2D eigenvalue weighted by Gasteiger charge is 2.35. The molecule has 1 fully saturated rings. The summed E-state index contributed by atoms with van der Waals surface area (Å²) in [6.07, 6.45) is 2.15. The molecule has 1 saturated heterocycles. The zero-order valence-corrected chi connectivity index (χ0v) is 11.4. The molecule has 2 heterocycles. The first-order chi connectivity index (χ1) is 8.81. The zero-order chi connectivity index (χ0) is 12.4. The topological polar surface area (TPSA) is 34.2 Å². The van der Waals surface area contributed by atoms with Crippen LogP contribution in [0.2, 0.25) is 0 Å². The van der Waals surface area contributed by atoms with Gasteiger partial charge in [-0.2, -0.15) is 0 Å². The smallest absolute Gasteiger partial charge is 0.0945 e. The number of aromatic nitrogens is 1. The summed E-state index contributed by atoms with van der Waals surface area (Å²) in [5.74, 6) is 0. The summed E-state index contributed by atoms with van der Waals surface area (Å²) in [6, 6.07) is 8.36. The Kier molecular flexibility index (Phi) is 3.33. The van der Waals surface area contributed by atoms with E-state index in [1.165, 1.54) is 9.71 Å². The first kappa shape index (κ1) is 12.1. The van der Waals surface area contributed by atoms with Gasteiger partial charge in [0.05, 0.1) is 21.8 Å². The van der Waals surface area contributed by atoms with Crippen molar-refractivity contribution in [2.75, 3.05) is 26.8 Å². The van der Waals surface area contributed by atoms with E-state index in [0.29, 0.717) is 0 Å². The highest BCUT2D eigenvalue weighted by atomic mass is 32.1. The summed E-state index contributed by atoms with van der Waals surface area (Å²) in [5.41, 5.74) is 1.36. The molecule has 1 unspecified atom stereocenters. The molecule has 18 heavy (non-hydrogen) atoms. The summed E-state index contributed by atoms with van der Waals surface area (Å²) >= 11 is 1.81. The molecule has 4 heteroatoms. The van der Waals surface area contributed by atoms with Crippen LogP contribution in [0.25, 0.3) is 10.2 Å². The Morgan fingerprint density at radius 2 is 2.33 bits per heavy atom. The van der Waals surface area contributed by atoms with Gasteiger partial charge in [0.2, 0.25) is 0 Å². The van der Waals surface area contributed by atoms with Crippen LogP contribution in [0, 0.1) is 5.41 Å². The van der Waals surface area contributed by atoms with Crippen molar-refractivity contribution in [2.24, 2.45) is 5.41 Å². The number of hydrogen-bond acceptors (Lipinski definition) is 4. The zero-order valence-electron chi connectivity index (χ0n) is 10.6. The van der Waals surface area contributed by atoms with E-state index in [2.05, 4.69) is 23.5 Å². The van der Waals surface area contributed by atoms with E-state index in [1.807, 2.05) is 24.5 Å². The molecule has 1 aromatic carbocycles. The Labute approximate surface area is 111 Å². The van der Waals surface area contributed by atoms with Crippen LogP contribution in [0.5, 0.6) is 0 Å². The van der Waals surface area contributed by atoms with Gasteiger partial charge >= 0.3 is 0 Å². The first-order valence-corrected chi connectivity index (χ1v) is 7.20. The molecule has 3 nitrogen and oxygen atoms in total. The van der Waals surface area contributed by atoms with Crippen LogP contribution in [-0.2, 0) is 11.2 Å². The molecule has 0 bridgehead atoms. The molecular formula is C14H18N2OS. The van der Waals surface area contributed by atoms with Crippen molar-refractivity contribution in [1.82, 2.24) is 10.3 Å². The van der Waals surface area contributed by atoms with Crippen molar-refractivity contribution in [1.29, 1.82) is 0 Å². The SMILES string of the molecule is CNCC1(Cc2nc3ccccc3s2)CCOC1. The molecule has 1 atom stereocenters. The third-order valence-corrected chi connectivity index (χ3v) is 4.64. The number of ether oxygens (including phenoxy) is 1. The van der Waals surface area contributed by atoms with E-state index in [9.17, 15) is 0 Å². The first-order valence-electron chi connectivity index (χ1n) is 6.38. The van der Waals surface area contributed by atoms with Crippen LogP contribution in [0.15, 0.2) is 24.3 Å². The molecule has 1 aliphatic heterocycles. The lowest BCUT2D eigenvalue weighted by Crippen LogP contribution is -2.35. The Hall–Kier alpha value is -0.970. The predicted molar refractivity (Wildman–Crippen MR) is 75.1 cm³/mol. The summed E-state index contributed by atoms with van der Waals surface area (Å²) in [5, 5.41) is 4.53. The van der Waals surface area contributed by atoms with Crippen LogP contribution in [0.4, 0.5) is 0 Å². The largest absolute Gasteiger partial charge is 0.381 e. The molecule has 0 spiro atoms. The van der Waals surface area contributed by atoms with Crippen LogP contribution < -0.4 is 5.32 Å². The second-order valence-electron chi connectivity index (χ2n) is 5.09. The minimum Gasteiger partial charge on any atom is -0.381 e. The van der Waals surface area contributed by atoms with Gasteiger partial charge in [-0.25, -0.2) is 4.98 Å². The fraction of sp³-hybridized carbons (Fsp3) is 0.500. The quantitative estimate of drug-likeness (QED) is 0.919. The summed E-state index contributed by atoms with van der Waals surface area (Å²) < 4.78 is 6.88. The fourth-order valence-corrected chi connectivity index (χ4v) is 3.82. The Bertz CT molecular complexity index is 498. The second kappa shape index (κ2) is 4.96. The average molecular weight is 262 g/mol. The molecule has 1 aliphatic rings. The number of hydrogen-bond donors (Lipinski definition) is 1. The Morgan fingerprint density at radius 3 is 3.06 bits per heavy atom. The number of thiazole rings is 1. The lowest BCUT2D eigenvalue weighted by molar-refractivity contribution is 0.150. The van der Waals surface area contributed by atoms with Gasteiger partial charge in [-0.15, -0.1) is 11.3 Å². The normalized spacial score (nSPS) is 23.8. The van der Waals surface area contributed by atoms with Crippen LogP contribution in [0.1, 0.15) is 11.4 Å². The summed E-state index contributed by atoms with van der Waals surface area (Å²) in [6.45, 7) is 2.74. The number of para-hydroxylation sites is 1. The van der Waals surface area contributed by atoms with Crippen LogP contribution in [-0.4, -0.2) is 31.8 Å². The Morgan fingerprint density at radius 1 is 1.44 bits per heavy atom. The minimum atomic E-state index is 0.239. The monoisotopic (exact) mass is 262 g/mol. The van der Waals surface area contributed by atoms with Gasteiger partial charge < -0.3 is 10.1 Å². The highest BCUT2D eigenvalue weighted by Crippen LogP contribution is 2.34. The van der Waals surface area contributed by atoms with E-state index < -0.39 is 0 Å². The van der Waals surface area contributed by atoms with E-state index in [1.54, 1.807) is 0 Å². The number of nitrogens with one attached hydrogen (secondary N) is 1. The maximum Gasteiger partial charge on any atom is 0.0945 e. The predicted octanol–water partition coefficient (Wildman–Crippen LogP) is 2.46.